The lowest BCUT2D eigenvalue weighted by Crippen LogP contribution is -2.16. The molecule has 1 atom stereocenters. The zero-order valence-electron chi connectivity index (χ0n) is 8.06. The molecule has 0 bridgehead atoms. The summed E-state index contributed by atoms with van der Waals surface area (Å²) in [5, 5.41) is 3.18. The van der Waals surface area contributed by atoms with Crippen molar-refractivity contribution in [3.8, 4) is 0 Å². The van der Waals surface area contributed by atoms with Gasteiger partial charge in [0.05, 0.1) is 5.02 Å². The van der Waals surface area contributed by atoms with Crippen LogP contribution in [0.1, 0.15) is 18.0 Å². The van der Waals surface area contributed by atoms with Gasteiger partial charge in [-0.3, -0.25) is 0 Å². The van der Waals surface area contributed by atoms with Crippen molar-refractivity contribution >= 4 is 11.6 Å². The van der Waals surface area contributed by atoms with Gasteiger partial charge in [-0.1, -0.05) is 29.8 Å². The highest BCUT2D eigenvalue weighted by molar-refractivity contribution is 6.30. The first-order valence-corrected chi connectivity index (χ1v) is 4.80. The molecule has 0 aromatic heterocycles. The number of hydrogen-bond acceptors (Lipinski definition) is 1. The predicted molar refractivity (Wildman–Crippen MR) is 58.0 cm³/mol. The van der Waals surface area contributed by atoms with Crippen molar-refractivity contribution in [2.75, 3.05) is 7.05 Å². The normalized spacial score (nSPS) is 12.5. The van der Waals surface area contributed by atoms with E-state index in [-0.39, 0.29) is 16.9 Å². The second-order valence-electron chi connectivity index (χ2n) is 3.01. The summed E-state index contributed by atoms with van der Waals surface area (Å²) in [4.78, 5) is 0. The van der Waals surface area contributed by atoms with Gasteiger partial charge >= 0.3 is 0 Å². The van der Waals surface area contributed by atoms with Crippen molar-refractivity contribution in [1.29, 1.82) is 0 Å². The third-order valence-electron chi connectivity index (χ3n) is 2.11. The summed E-state index contributed by atoms with van der Waals surface area (Å²) in [5.74, 6) is -0.352. The standard InChI is InChI=1S/C11H13ClFN/c1-3-5-10(14-2)8-6-4-7-9(12)11(8)13/h3-4,6-7,10,14H,1,5H2,2H3. The van der Waals surface area contributed by atoms with Crippen LogP contribution in [0, 0.1) is 5.82 Å². The molecule has 1 aromatic carbocycles. The minimum absolute atomic E-state index is 0.0637. The summed E-state index contributed by atoms with van der Waals surface area (Å²) in [5.41, 5.74) is 0.583. The molecule has 0 aliphatic carbocycles. The molecular weight excluding hydrogens is 201 g/mol. The molecule has 0 aliphatic heterocycles. The number of halogens is 2. The molecule has 0 saturated carbocycles. The Hall–Kier alpha value is -0.860. The average Bonchev–Trinajstić information content (AvgIpc) is 2.19. The van der Waals surface area contributed by atoms with Crippen molar-refractivity contribution in [3.63, 3.8) is 0 Å². The molecule has 0 heterocycles. The van der Waals surface area contributed by atoms with E-state index in [4.69, 9.17) is 11.6 Å². The minimum Gasteiger partial charge on any atom is -0.313 e. The van der Waals surface area contributed by atoms with E-state index in [0.29, 0.717) is 12.0 Å². The fourth-order valence-corrected chi connectivity index (χ4v) is 1.54. The van der Waals surface area contributed by atoms with Gasteiger partial charge in [0, 0.05) is 11.6 Å². The Morgan fingerprint density at radius 1 is 1.64 bits per heavy atom. The molecule has 0 radical (unpaired) electrons. The highest BCUT2D eigenvalue weighted by Gasteiger charge is 2.13. The van der Waals surface area contributed by atoms with Gasteiger partial charge in [0.15, 0.2) is 0 Å². The summed E-state index contributed by atoms with van der Waals surface area (Å²) in [6.45, 7) is 3.63. The van der Waals surface area contributed by atoms with Gasteiger partial charge in [-0.15, -0.1) is 6.58 Å². The number of rotatable bonds is 4. The van der Waals surface area contributed by atoms with Crippen LogP contribution in [0.15, 0.2) is 30.9 Å². The van der Waals surface area contributed by atoms with Gasteiger partial charge in [-0.2, -0.15) is 0 Å². The zero-order chi connectivity index (χ0) is 10.6. The lowest BCUT2D eigenvalue weighted by molar-refractivity contribution is 0.540. The minimum atomic E-state index is -0.352. The summed E-state index contributed by atoms with van der Waals surface area (Å²) in [6.07, 6.45) is 2.43. The molecular formula is C11H13ClFN. The summed E-state index contributed by atoms with van der Waals surface area (Å²) < 4.78 is 13.6. The largest absolute Gasteiger partial charge is 0.313 e. The molecule has 1 nitrogen and oxygen atoms in total. The molecule has 0 amide bonds. The van der Waals surface area contributed by atoms with E-state index in [1.165, 1.54) is 0 Å². The monoisotopic (exact) mass is 213 g/mol. The Morgan fingerprint density at radius 2 is 2.36 bits per heavy atom. The van der Waals surface area contributed by atoms with E-state index in [2.05, 4.69) is 11.9 Å². The fraction of sp³-hybridized carbons (Fsp3) is 0.273. The topological polar surface area (TPSA) is 12.0 Å². The van der Waals surface area contributed by atoms with E-state index in [1.807, 2.05) is 0 Å². The third-order valence-corrected chi connectivity index (χ3v) is 2.40. The Bertz CT molecular complexity index is 325. The molecule has 0 aliphatic rings. The maximum Gasteiger partial charge on any atom is 0.146 e. The van der Waals surface area contributed by atoms with Crippen molar-refractivity contribution in [3.05, 3.63) is 47.3 Å². The molecule has 1 unspecified atom stereocenters. The second kappa shape index (κ2) is 5.13. The van der Waals surface area contributed by atoms with Crippen molar-refractivity contribution in [1.82, 2.24) is 5.32 Å². The van der Waals surface area contributed by atoms with Crippen LogP contribution >= 0.6 is 11.6 Å². The molecule has 76 valence electrons. The third kappa shape index (κ3) is 2.34. The first-order valence-electron chi connectivity index (χ1n) is 4.42. The summed E-state index contributed by atoms with van der Waals surface area (Å²) in [6, 6.07) is 4.95. The maximum atomic E-state index is 13.6. The van der Waals surface area contributed by atoms with Crippen molar-refractivity contribution in [2.45, 2.75) is 12.5 Å². The molecule has 3 heteroatoms. The Morgan fingerprint density at radius 3 is 2.93 bits per heavy atom. The summed E-state index contributed by atoms with van der Waals surface area (Å²) >= 11 is 5.69. The number of nitrogens with one attached hydrogen (secondary N) is 1. The van der Waals surface area contributed by atoms with E-state index in [9.17, 15) is 4.39 Å². The van der Waals surface area contributed by atoms with Crippen molar-refractivity contribution < 1.29 is 4.39 Å². The quantitative estimate of drug-likeness (QED) is 0.757. The van der Waals surface area contributed by atoms with Crippen LogP contribution in [0.4, 0.5) is 4.39 Å². The molecule has 1 rings (SSSR count). The highest BCUT2D eigenvalue weighted by Crippen LogP contribution is 2.25. The van der Waals surface area contributed by atoms with Gasteiger partial charge in [0.25, 0.3) is 0 Å². The van der Waals surface area contributed by atoms with Crippen LogP contribution in [-0.4, -0.2) is 7.05 Å². The fourth-order valence-electron chi connectivity index (χ4n) is 1.36. The van der Waals surface area contributed by atoms with Crippen molar-refractivity contribution in [2.24, 2.45) is 0 Å². The van der Waals surface area contributed by atoms with Crippen LogP contribution in [0.25, 0.3) is 0 Å². The van der Waals surface area contributed by atoms with E-state index >= 15 is 0 Å². The van der Waals surface area contributed by atoms with Crippen LogP contribution in [-0.2, 0) is 0 Å². The van der Waals surface area contributed by atoms with Gasteiger partial charge in [0.2, 0.25) is 0 Å². The molecule has 0 saturated heterocycles. The second-order valence-corrected chi connectivity index (χ2v) is 3.42. The molecule has 1 N–H and O–H groups in total. The molecule has 0 spiro atoms. The van der Waals surface area contributed by atoms with Gasteiger partial charge in [0.1, 0.15) is 5.82 Å². The summed E-state index contributed by atoms with van der Waals surface area (Å²) in [7, 11) is 1.79. The number of hydrogen-bond donors (Lipinski definition) is 1. The molecule has 0 fully saturated rings. The first kappa shape index (κ1) is 11.2. The zero-order valence-corrected chi connectivity index (χ0v) is 8.81. The molecule has 14 heavy (non-hydrogen) atoms. The average molecular weight is 214 g/mol. The van der Waals surface area contributed by atoms with E-state index in [0.717, 1.165) is 0 Å². The van der Waals surface area contributed by atoms with Crippen LogP contribution < -0.4 is 5.32 Å². The predicted octanol–water partition coefficient (Wildman–Crippen LogP) is 3.32. The van der Waals surface area contributed by atoms with Crippen LogP contribution in [0.2, 0.25) is 5.02 Å². The van der Waals surface area contributed by atoms with E-state index < -0.39 is 0 Å². The van der Waals surface area contributed by atoms with E-state index in [1.54, 1.807) is 31.3 Å². The number of benzene rings is 1. The maximum absolute atomic E-state index is 13.6. The SMILES string of the molecule is C=CCC(NC)c1cccc(Cl)c1F. The molecule has 1 aromatic rings. The Labute approximate surface area is 88.6 Å². The Balaban J connectivity index is 3.03. The lowest BCUT2D eigenvalue weighted by atomic mass is 10.0. The van der Waals surface area contributed by atoms with Gasteiger partial charge in [-0.05, 0) is 19.5 Å². The smallest absolute Gasteiger partial charge is 0.146 e. The lowest BCUT2D eigenvalue weighted by Gasteiger charge is -2.15. The highest BCUT2D eigenvalue weighted by atomic mass is 35.5. The van der Waals surface area contributed by atoms with Crippen LogP contribution in [0.5, 0.6) is 0 Å². The van der Waals surface area contributed by atoms with Gasteiger partial charge < -0.3 is 5.32 Å². The Kier molecular flexibility index (Phi) is 4.11. The van der Waals surface area contributed by atoms with Crippen LogP contribution in [0.3, 0.4) is 0 Å². The van der Waals surface area contributed by atoms with Gasteiger partial charge in [-0.25, -0.2) is 4.39 Å². The first-order chi connectivity index (χ1) is 6.70.